The molecule has 0 atom stereocenters. The van der Waals surface area contributed by atoms with Gasteiger partial charge in [0.25, 0.3) is 0 Å². The SMILES string of the molecule is CCNC(=NCc1cccc(CN(CC)CC)c1)N1CCN(Cc2ccon2)CC1.I. The van der Waals surface area contributed by atoms with Gasteiger partial charge in [-0.2, -0.15) is 0 Å². The van der Waals surface area contributed by atoms with Gasteiger partial charge in [0.15, 0.2) is 5.96 Å². The second-order valence-electron chi connectivity index (χ2n) is 7.71. The van der Waals surface area contributed by atoms with E-state index in [0.29, 0.717) is 6.54 Å². The van der Waals surface area contributed by atoms with Crippen LogP contribution in [-0.4, -0.2) is 71.6 Å². The van der Waals surface area contributed by atoms with E-state index in [-0.39, 0.29) is 24.0 Å². The number of hydrogen-bond donors (Lipinski definition) is 1. The first-order valence-corrected chi connectivity index (χ1v) is 11.2. The van der Waals surface area contributed by atoms with Gasteiger partial charge in [-0.25, -0.2) is 4.99 Å². The van der Waals surface area contributed by atoms with Gasteiger partial charge in [0.1, 0.15) is 6.26 Å². The summed E-state index contributed by atoms with van der Waals surface area (Å²) in [6.07, 6.45) is 1.64. The van der Waals surface area contributed by atoms with E-state index in [9.17, 15) is 0 Å². The summed E-state index contributed by atoms with van der Waals surface area (Å²) in [5.41, 5.74) is 3.62. The summed E-state index contributed by atoms with van der Waals surface area (Å²) < 4.78 is 4.94. The van der Waals surface area contributed by atoms with E-state index < -0.39 is 0 Å². The van der Waals surface area contributed by atoms with Gasteiger partial charge >= 0.3 is 0 Å². The molecular formula is C23H37IN6O. The molecule has 1 aliphatic rings. The Hall–Kier alpha value is -1.65. The van der Waals surface area contributed by atoms with E-state index in [1.807, 2.05) is 6.07 Å². The smallest absolute Gasteiger partial charge is 0.194 e. The monoisotopic (exact) mass is 540 g/mol. The van der Waals surface area contributed by atoms with Crippen LogP contribution < -0.4 is 5.32 Å². The summed E-state index contributed by atoms with van der Waals surface area (Å²) in [4.78, 5) is 12.2. The third kappa shape index (κ3) is 8.08. The number of hydrogen-bond acceptors (Lipinski definition) is 5. The minimum atomic E-state index is 0. The number of nitrogens with zero attached hydrogens (tertiary/aromatic N) is 5. The molecular weight excluding hydrogens is 503 g/mol. The van der Waals surface area contributed by atoms with Gasteiger partial charge in [-0.05, 0) is 31.1 Å². The summed E-state index contributed by atoms with van der Waals surface area (Å²) in [5, 5.41) is 7.49. The highest BCUT2D eigenvalue weighted by Gasteiger charge is 2.20. The van der Waals surface area contributed by atoms with Crippen LogP contribution in [0.1, 0.15) is 37.6 Å². The lowest BCUT2D eigenvalue weighted by atomic mass is 10.1. The Kier molecular flexibility index (Phi) is 11.3. The maximum atomic E-state index is 4.94. The van der Waals surface area contributed by atoms with Crippen LogP contribution in [0.2, 0.25) is 0 Å². The average molecular weight is 540 g/mol. The van der Waals surface area contributed by atoms with Gasteiger partial charge in [0, 0.05) is 51.9 Å². The Morgan fingerprint density at radius 2 is 1.84 bits per heavy atom. The van der Waals surface area contributed by atoms with Crippen LogP contribution in [0, 0.1) is 0 Å². The first-order valence-electron chi connectivity index (χ1n) is 11.2. The normalized spacial score (nSPS) is 15.2. The van der Waals surface area contributed by atoms with E-state index in [1.54, 1.807) is 6.26 Å². The fourth-order valence-corrected chi connectivity index (χ4v) is 3.79. The molecule has 31 heavy (non-hydrogen) atoms. The molecule has 2 heterocycles. The van der Waals surface area contributed by atoms with Crippen LogP contribution in [0.25, 0.3) is 0 Å². The molecule has 0 saturated carbocycles. The van der Waals surface area contributed by atoms with Gasteiger partial charge in [-0.3, -0.25) is 9.80 Å². The van der Waals surface area contributed by atoms with E-state index in [0.717, 1.165) is 70.6 Å². The van der Waals surface area contributed by atoms with Crippen molar-refractivity contribution < 1.29 is 4.52 Å². The Morgan fingerprint density at radius 1 is 1.10 bits per heavy atom. The molecule has 2 aromatic rings. The van der Waals surface area contributed by atoms with E-state index in [1.165, 1.54) is 11.1 Å². The van der Waals surface area contributed by atoms with Gasteiger partial charge in [0.05, 0.1) is 12.2 Å². The summed E-state index contributed by atoms with van der Waals surface area (Å²) in [5.74, 6) is 1.01. The van der Waals surface area contributed by atoms with Gasteiger partial charge in [0.2, 0.25) is 0 Å². The van der Waals surface area contributed by atoms with Crippen molar-refractivity contribution in [3.05, 3.63) is 53.4 Å². The molecule has 0 spiro atoms. The molecule has 3 rings (SSSR count). The number of aliphatic imine (C=N–C) groups is 1. The fourth-order valence-electron chi connectivity index (χ4n) is 3.79. The van der Waals surface area contributed by atoms with Crippen molar-refractivity contribution in [1.29, 1.82) is 0 Å². The van der Waals surface area contributed by atoms with Crippen molar-refractivity contribution in [3.63, 3.8) is 0 Å². The average Bonchev–Trinajstić information content (AvgIpc) is 3.29. The van der Waals surface area contributed by atoms with Crippen LogP contribution in [0.4, 0.5) is 0 Å². The molecule has 0 bridgehead atoms. The second kappa shape index (κ2) is 13.7. The quantitative estimate of drug-likeness (QED) is 0.299. The molecule has 1 aromatic carbocycles. The molecule has 1 N–H and O–H groups in total. The molecule has 7 nitrogen and oxygen atoms in total. The Bertz CT molecular complexity index is 770. The van der Waals surface area contributed by atoms with Crippen molar-refractivity contribution >= 4 is 29.9 Å². The number of guanidine groups is 1. The third-order valence-electron chi connectivity index (χ3n) is 5.59. The number of aromatic nitrogens is 1. The number of rotatable bonds is 9. The lowest BCUT2D eigenvalue weighted by Gasteiger charge is -2.36. The maximum Gasteiger partial charge on any atom is 0.194 e. The number of halogens is 1. The third-order valence-corrected chi connectivity index (χ3v) is 5.59. The Balaban J connectivity index is 0.00000341. The molecule has 1 fully saturated rings. The molecule has 0 unspecified atom stereocenters. The van der Waals surface area contributed by atoms with Crippen molar-refractivity contribution in [2.45, 2.75) is 40.4 Å². The number of nitrogens with one attached hydrogen (secondary N) is 1. The highest BCUT2D eigenvalue weighted by atomic mass is 127. The summed E-state index contributed by atoms with van der Waals surface area (Å²) >= 11 is 0. The summed E-state index contributed by atoms with van der Waals surface area (Å²) in [6.45, 7) is 16.0. The van der Waals surface area contributed by atoms with Crippen molar-refractivity contribution in [2.75, 3.05) is 45.8 Å². The van der Waals surface area contributed by atoms with E-state index in [2.05, 4.69) is 70.2 Å². The minimum Gasteiger partial charge on any atom is -0.364 e. The molecule has 8 heteroatoms. The van der Waals surface area contributed by atoms with Crippen molar-refractivity contribution in [2.24, 2.45) is 4.99 Å². The zero-order chi connectivity index (χ0) is 21.2. The first-order chi connectivity index (χ1) is 14.7. The second-order valence-corrected chi connectivity index (χ2v) is 7.71. The van der Waals surface area contributed by atoms with E-state index >= 15 is 0 Å². The minimum absolute atomic E-state index is 0. The standard InChI is InChI=1S/C23H36N6O.HI/c1-4-24-23(29-13-11-28(12-14-29)19-22-10-15-30-26-22)25-17-20-8-7-9-21(16-20)18-27(5-2)6-3;/h7-10,15-16H,4-6,11-14,17-19H2,1-3H3,(H,24,25);1H. The van der Waals surface area contributed by atoms with Crippen LogP contribution in [0.15, 0.2) is 46.1 Å². The predicted octanol–water partition coefficient (Wildman–Crippen LogP) is 3.42. The number of benzene rings is 1. The van der Waals surface area contributed by atoms with Crippen LogP contribution in [0.3, 0.4) is 0 Å². The first kappa shape index (κ1) is 25.6. The van der Waals surface area contributed by atoms with Crippen molar-refractivity contribution in [3.8, 4) is 0 Å². The van der Waals surface area contributed by atoms with Gasteiger partial charge in [-0.15, -0.1) is 24.0 Å². The van der Waals surface area contributed by atoms with Crippen LogP contribution >= 0.6 is 24.0 Å². The molecule has 172 valence electrons. The predicted molar refractivity (Wildman–Crippen MR) is 137 cm³/mol. The zero-order valence-corrected chi connectivity index (χ0v) is 21.4. The fraction of sp³-hybridized carbons (Fsp3) is 0.565. The lowest BCUT2D eigenvalue weighted by Crippen LogP contribution is -2.52. The molecule has 1 aliphatic heterocycles. The van der Waals surface area contributed by atoms with Crippen LogP contribution in [0.5, 0.6) is 0 Å². The largest absolute Gasteiger partial charge is 0.364 e. The molecule has 0 radical (unpaired) electrons. The molecule has 0 aliphatic carbocycles. The molecule has 1 aromatic heterocycles. The zero-order valence-electron chi connectivity index (χ0n) is 19.1. The van der Waals surface area contributed by atoms with Gasteiger partial charge in [-0.1, -0.05) is 43.3 Å². The van der Waals surface area contributed by atoms with E-state index in [4.69, 9.17) is 9.52 Å². The molecule has 0 amide bonds. The topological polar surface area (TPSA) is 60.1 Å². The highest BCUT2D eigenvalue weighted by Crippen LogP contribution is 2.11. The Labute approximate surface area is 203 Å². The molecule has 1 saturated heterocycles. The van der Waals surface area contributed by atoms with Gasteiger partial charge < -0.3 is 14.7 Å². The Morgan fingerprint density at radius 3 is 2.48 bits per heavy atom. The highest BCUT2D eigenvalue weighted by molar-refractivity contribution is 14.0. The van der Waals surface area contributed by atoms with Crippen LogP contribution in [-0.2, 0) is 19.6 Å². The summed E-state index contributed by atoms with van der Waals surface area (Å²) in [7, 11) is 0. The maximum absolute atomic E-state index is 4.94. The summed E-state index contributed by atoms with van der Waals surface area (Å²) in [6, 6.07) is 10.8. The van der Waals surface area contributed by atoms with Crippen molar-refractivity contribution in [1.82, 2.24) is 25.2 Å². The lowest BCUT2D eigenvalue weighted by molar-refractivity contribution is 0.169. The number of piperazine rings is 1.